The quantitative estimate of drug-likeness (QED) is 0.579. The summed E-state index contributed by atoms with van der Waals surface area (Å²) < 4.78 is 26.7. The second-order valence-corrected chi connectivity index (χ2v) is 8.72. The summed E-state index contributed by atoms with van der Waals surface area (Å²) in [7, 11) is 0. The second-order valence-electron chi connectivity index (χ2n) is 8.72. The summed E-state index contributed by atoms with van der Waals surface area (Å²) in [5.41, 5.74) is 3.91. The van der Waals surface area contributed by atoms with E-state index >= 15 is 0 Å². The Bertz CT molecular complexity index is 1030. The Morgan fingerprint density at radius 3 is 2.44 bits per heavy atom. The largest absolute Gasteiger partial charge is 0.314 e. The molecule has 1 aliphatic heterocycles. The average molecular weight is 437 g/mol. The highest BCUT2D eigenvalue weighted by atomic mass is 19.1. The lowest BCUT2D eigenvalue weighted by molar-refractivity contribution is 0.109. The van der Waals surface area contributed by atoms with Gasteiger partial charge in [-0.3, -0.25) is 4.90 Å². The molecule has 1 saturated heterocycles. The van der Waals surface area contributed by atoms with Crippen LogP contribution in [0.2, 0.25) is 0 Å². The number of rotatable bonds is 7. The number of nitrogens with zero attached hydrogens (tertiary/aromatic N) is 3. The van der Waals surface area contributed by atoms with E-state index in [1.807, 2.05) is 6.07 Å². The van der Waals surface area contributed by atoms with Gasteiger partial charge in [0, 0.05) is 56.0 Å². The minimum Gasteiger partial charge on any atom is -0.314 e. The Kier molecular flexibility index (Phi) is 7.22. The van der Waals surface area contributed by atoms with E-state index in [1.165, 1.54) is 17.7 Å². The predicted molar refractivity (Wildman–Crippen MR) is 123 cm³/mol. The molecule has 0 saturated carbocycles. The van der Waals surface area contributed by atoms with Crippen molar-refractivity contribution in [1.29, 1.82) is 0 Å². The van der Waals surface area contributed by atoms with Crippen LogP contribution in [-0.4, -0.2) is 40.0 Å². The van der Waals surface area contributed by atoms with Crippen molar-refractivity contribution in [2.24, 2.45) is 0 Å². The fraction of sp³-hybridized carbons (Fsp3) is 0.385. The van der Waals surface area contributed by atoms with Crippen molar-refractivity contribution in [2.75, 3.05) is 13.1 Å². The summed E-state index contributed by atoms with van der Waals surface area (Å²) in [6.45, 7) is 7.48. The number of hydrogen-bond acceptors (Lipinski definition) is 4. The molecule has 1 fully saturated rings. The maximum atomic E-state index is 13.4. The van der Waals surface area contributed by atoms with Crippen LogP contribution in [-0.2, 0) is 19.4 Å². The molecule has 0 radical (unpaired) electrons. The van der Waals surface area contributed by atoms with E-state index in [1.54, 1.807) is 6.20 Å². The first-order valence-corrected chi connectivity index (χ1v) is 11.3. The summed E-state index contributed by atoms with van der Waals surface area (Å²) in [6.07, 6.45) is 3.75. The van der Waals surface area contributed by atoms with Crippen molar-refractivity contribution in [3.63, 3.8) is 0 Å². The lowest BCUT2D eigenvalue weighted by Crippen LogP contribution is -2.54. The second kappa shape index (κ2) is 10.3. The van der Waals surface area contributed by atoms with Gasteiger partial charge in [0.15, 0.2) is 0 Å². The van der Waals surface area contributed by atoms with Gasteiger partial charge in [-0.15, -0.1) is 0 Å². The molecule has 0 spiro atoms. The standard InChI is InChI=1S/C26H30F2N4/c1-18-15-29-16-19(2)32(18)17-21-6-3-7-22(11-21)25-9-10-30-26(31-25)8-4-5-20-12-23(27)14-24(28)13-20/h3,6-7,9-14,18-19,29H,4-5,8,15-17H2,1-2H3/t18-,19+. The van der Waals surface area contributed by atoms with Crippen molar-refractivity contribution in [3.8, 4) is 11.3 Å². The molecule has 1 N–H and O–H groups in total. The van der Waals surface area contributed by atoms with Crippen LogP contribution in [0.5, 0.6) is 0 Å². The van der Waals surface area contributed by atoms with Crippen LogP contribution in [0.15, 0.2) is 54.7 Å². The zero-order valence-electron chi connectivity index (χ0n) is 18.7. The van der Waals surface area contributed by atoms with E-state index < -0.39 is 11.6 Å². The van der Waals surface area contributed by atoms with Crippen molar-refractivity contribution in [3.05, 3.63) is 83.3 Å². The number of nitrogens with one attached hydrogen (secondary N) is 1. The van der Waals surface area contributed by atoms with Crippen LogP contribution >= 0.6 is 0 Å². The van der Waals surface area contributed by atoms with Crippen molar-refractivity contribution < 1.29 is 8.78 Å². The summed E-state index contributed by atoms with van der Waals surface area (Å²) in [5.74, 6) is -0.334. The van der Waals surface area contributed by atoms with E-state index in [0.717, 1.165) is 49.2 Å². The van der Waals surface area contributed by atoms with Crippen molar-refractivity contribution in [1.82, 2.24) is 20.2 Å². The molecule has 0 amide bonds. The predicted octanol–water partition coefficient (Wildman–Crippen LogP) is 4.78. The first kappa shape index (κ1) is 22.5. The lowest BCUT2D eigenvalue weighted by atomic mass is 10.0. The highest BCUT2D eigenvalue weighted by Crippen LogP contribution is 2.21. The first-order chi connectivity index (χ1) is 15.5. The van der Waals surface area contributed by atoms with Crippen LogP contribution in [0.4, 0.5) is 8.78 Å². The molecule has 2 aromatic carbocycles. The molecule has 0 bridgehead atoms. The Hall–Kier alpha value is -2.70. The SMILES string of the molecule is C[C@@H]1CNC[C@H](C)N1Cc1cccc(-c2ccnc(CCCc3cc(F)cc(F)c3)n2)c1. The summed E-state index contributed by atoms with van der Waals surface area (Å²) in [4.78, 5) is 11.7. The number of benzene rings is 2. The number of aryl methyl sites for hydroxylation is 2. The van der Waals surface area contributed by atoms with Crippen LogP contribution in [0.25, 0.3) is 11.3 Å². The molecule has 1 aliphatic rings. The van der Waals surface area contributed by atoms with E-state index in [9.17, 15) is 8.78 Å². The fourth-order valence-corrected chi connectivity index (χ4v) is 4.41. The molecule has 4 nitrogen and oxygen atoms in total. The Morgan fingerprint density at radius 2 is 1.69 bits per heavy atom. The van der Waals surface area contributed by atoms with Crippen LogP contribution < -0.4 is 5.32 Å². The van der Waals surface area contributed by atoms with Gasteiger partial charge in [-0.05, 0) is 62.1 Å². The normalized spacial score (nSPS) is 19.2. The van der Waals surface area contributed by atoms with Crippen LogP contribution in [0.3, 0.4) is 0 Å². The molecule has 3 aromatic rings. The third kappa shape index (κ3) is 5.75. The molecule has 4 rings (SSSR count). The Labute approximate surface area is 188 Å². The van der Waals surface area contributed by atoms with Crippen molar-refractivity contribution in [2.45, 2.75) is 51.7 Å². The Balaban J connectivity index is 1.42. The molecule has 1 aromatic heterocycles. The van der Waals surface area contributed by atoms with Gasteiger partial charge in [-0.1, -0.05) is 18.2 Å². The fourth-order valence-electron chi connectivity index (χ4n) is 4.41. The van der Waals surface area contributed by atoms with Crippen LogP contribution in [0, 0.1) is 11.6 Å². The summed E-state index contributed by atoms with van der Waals surface area (Å²) >= 11 is 0. The van der Waals surface area contributed by atoms with Gasteiger partial charge >= 0.3 is 0 Å². The topological polar surface area (TPSA) is 41.0 Å². The number of halogens is 2. The monoisotopic (exact) mass is 436 g/mol. The maximum absolute atomic E-state index is 13.4. The molecule has 168 valence electrons. The van der Waals surface area contributed by atoms with Gasteiger partial charge in [-0.2, -0.15) is 0 Å². The van der Waals surface area contributed by atoms with E-state index in [2.05, 4.69) is 53.3 Å². The molecule has 0 unspecified atom stereocenters. The highest BCUT2D eigenvalue weighted by Gasteiger charge is 2.24. The maximum Gasteiger partial charge on any atom is 0.128 e. The molecular formula is C26H30F2N4. The zero-order valence-corrected chi connectivity index (χ0v) is 18.7. The van der Waals surface area contributed by atoms with Gasteiger partial charge in [0.05, 0.1) is 5.69 Å². The molecule has 6 heteroatoms. The lowest BCUT2D eigenvalue weighted by Gasteiger charge is -2.39. The Morgan fingerprint density at radius 1 is 0.938 bits per heavy atom. The minimum absolute atomic E-state index is 0.500. The molecule has 2 heterocycles. The van der Waals surface area contributed by atoms with E-state index in [4.69, 9.17) is 4.98 Å². The molecule has 32 heavy (non-hydrogen) atoms. The number of hydrogen-bond donors (Lipinski definition) is 1. The molecule has 2 atom stereocenters. The third-order valence-corrected chi connectivity index (χ3v) is 6.09. The minimum atomic E-state index is -0.539. The smallest absolute Gasteiger partial charge is 0.128 e. The third-order valence-electron chi connectivity index (χ3n) is 6.09. The van der Waals surface area contributed by atoms with E-state index in [0.29, 0.717) is 30.5 Å². The van der Waals surface area contributed by atoms with E-state index in [-0.39, 0.29) is 0 Å². The number of piperazine rings is 1. The average Bonchev–Trinajstić information content (AvgIpc) is 2.76. The van der Waals surface area contributed by atoms with Gasteiger partial charge < -0.3 is 5.32 Å². The van der Waals surface area contributed by atoms with Gasteiger partial charge in [0.25, 0.3) is 0 Å². The van der Waals surface area contributed by atoms with Gasteiger partial charge in [0.1, 0.15) is 17.5 Å². The first-order valence-electron chi connectivity index (χ1n) is 11.3. The molecular weight excluding hydrogens is 406 g/mol. The summed E-state index contributed by atoms with van der Waals surface area (Å²) in [6, 6.07) is 15.1. The molecule has 0 aliphatic carbocycles. The van der Waals surface area contributed by atoms with Gasteiger partial charge in [0.2, 0.25) is 0 Å². The van der Waals surface area contributed by atoms with Gasteiger partial charge in [-0.25, -0.2) is 18.7 Å². The van der Waals surface area contributed by atoms with Crippen LogP contribution in [0.1, 0.15) is 37.2 Å². The summed E-state index contributed by atoms with van der Waals surface area (Å²) in [5, 5.41) is 3.48. The highest BCUT2D eigenvalue weighted by molar-refractivity contribution is 5.59. The zero-order chi connectivity index (χ0) is 22.5. The van der Waals surface area contributed by atoms with Crippen molar-refractivity contribution >= 4 is 0 Å². The number of aromatic nitrogens is 2.